The molecule has 2 aromatic rings. The second-order valence-corrected chi connectivity index (χ2v) is 5.50. The number of methoxy groups -OCH3 is 1. The molecule has 0 atom stereocenters. The first-order chi connectivity index (χ1) is 9.02. The number of hydrogen-bond acceptors (Lipinski definition) is 3. The Balaban J connectivity index is 2.50. The SMILES string of the molecule is COc1ccc(Br)c(Cn2c(=O)[nH]cc(Br)c2=O)c1. The summed E-state index contributed by atoms with van der Waals surface area (Å²) in [6, 6.07) is 5.38. The van der Waals surface area contributed by atoms with Crippen LogP contribution in [0.4, 0.5) is 0 Å². The third-order valence-corrected chi connectivity index (χ3v) is 3.94. The zero-order chi connectivity index (χ0) is 14.0. The van der Waals surface area contributed by atoms with Crippen molar-refractivity contribution in [1.29, 1.82) is 0 Å². The maximum Gasteiger partial charge on any atom is 0.328 e. The van der Waals surface area contributed by atoms with Crippen molar-refractivity contribution in [3.8, 4) is 5.75 Å². The molecule has 0 bridgehead atoms. The molecule has 0 fully saturated rings. The molecular weight excluding hydrogens is 380 g/mol. The van der Waals surface area contributed by atoms with E-state index in [0.717, 1.165) is 14.6 Å². The normalized spacial score (nSPS) is 10.5. The quantitative estimate of drug-likeness (QED) is 0.874. The van der Waals surface area contributed by atoms with Crippen LogP contribution in [0.1, 0.15) is 5.56 Å². The van der Waals surface area contributed by atoms with Gasteiger partial charge in [0.15, 0.2) is 0 Å². The van der Waals surface area contributed by atoms with Crippen molar-refractivity contribution in [2.75, 3.05) is 7.11 Å². The molecule has 2 rings (SSSR count). The van der Waals surface area contributed by atoms with Gasteiger partial charge in [-0.05, 0) is 39.7 Å². The zero-order valence-corrected chi connectivity index (χ0v) is 13.1. The minimum absolute atomic E-state index is 0.158. The Kier molecular flexibility index (Phi) is 4.26. The highest BCUT2D eigenvalue weighted by molar-refractivity contribution is 9.10. The molecule has 1 aromatic carbocycles. The predicted molar refractivity (Wildman–Crippen MR) is 78.8 cm³/mol. The predicted octanol–water partition coefficient (Wildman–Crippen LogP) is 2.12. The molecule has 0 aliphatic rings. The highest BCUT2D eigenvalue weighted by atomic mass is 79.9. The lowest BCUT2D eigenvalue weighted by Gasteiger charge is -2.09. The van der Waals surface area contributed by atoms with E-state index in [4.69, 9.17) is 4.74 Å². The second kappa shape index (κ2) is 5.75. The van der Waals surface area contributed by atoms with Gasteiger partial charge in [-0.1, -0.05) is 15.9 Å². The van der Waals surface area contributed by atoms with E-state index >= 15 is 0 Å². The van der Waals surface area contributed by atoms with Gasteiger partial charge in [-0.3, -0.25) is 9.36 Å². The van der Waals surface area contributed by atoms with Gasteiger partial charge in [0.2, 0.25) is 0 Å². The van der Waals surface area contributed by atoms with Crippen molar-refractivity contribution in [3.63, 3.8) is 0 Å². The van der Waals surface area contributed by atoms with E-state index < -0.39 is 5.69 Å². The van der Waals surface area contributed by atoms with Crippen LogP contribution >= 0.6 is 31.9 Å². The molecule has 0 spiro atoms. The zero-order valence-electron chi connectivity index (χ0n) is 9.94. The average molecular weight is 390 g/mol. The minimum atomic E-state index is -0.456. The summed E-state index contributed by atoms with van der Waals surface area (Å²) >= 11 is 6.49. The van der Waals surface area contributed by atoms with Crippen LogP contribution in [0.2, 0.25) is 0 Å². The Morgan fingerprint density at radius 2 is 2.00 bits per heavy atom. The molecule has 19 heavy (non-hydrogen) atoms. The monoisotopic (exact) mass is 388 g/mol. The number of nitrogens with zero attached hydrogens (tertiary/aromatic N) is 1. The van der Waals surface area contributed by atoms with Crippen molar-refractivity contribution in [1.82, 2.24) is 9.55 Å². The van der Waals surface area contributed by atoms with E-state index in [1.807, 2.05) is 6.07 Å². The molecule has 0 aliphatic carbocycles. The summed E-state index contributed by atoms with van der Waals surface area (Å²) < 4.78 is 7.36. The van der Waals surface area contributed by atoms with Crippen LogP contribution in [0.3, 0.4) is 0 Å². The smallest absolute Gasteiger partial charge is 0.328 e. The Morgan fingerprint density at radius 1 is 1.26 bits per heavy atom. The van der Waals surface area contributed by atoms with Crippen LogP contribution in [-0.4, -0.2) is 16.7 Å². The van der Waals surface area contributed by atoms with Gasteiger partial charge < -0.3 is 9.72 Å². The number of hydrogen-bond donors (Lipinski definition) is 1. The fourth-order valence-corrected chi connectivity index (χ4v) is 2.30. The molecule has 1 heterocycles. The van der Waals surface area contributed by atoms with E-state index in [0.29, 0.717) is 10.2 Å². The third kappa shape index (κ3) is 2.98. The number of nitrogens with one attached hydrogen (secondary N) is 1. The van der Waals surface area contributed by atoms with Crippen molar-refractivity contribution >= 4 is 31.9 Å². The fraction of sp³-hybridized carbons (Fsp3) is 0.167. The third-order valence-electron chi connectivity index (χ3n) is 2.60. The van der Waals surface area contributed by atoms with Crippen LogP contribution in [0.25, 0.3) is 0 Å². The second-order valence-electron chi connectivity index (χ2n) is 3.79. The molecule has 0 amide bonds. The van der Waals surface area contributed by atoms with Crippen molar-refractivity contribution in [2.24, 2.45) is 0 Å². The number of halogens is 2. The largest absolute Gasteiger partial charge is 0.497 e. The average Bonchev–Trinajstić information content (AvgIpc) is 2.41. The molecule has 100 valence electrons. The standard InChI is InChI=1S/C12H10Br2N2O3/c1-19-8-2-3-9(13)7(4-8)6-16-11(17)10(14)5-15-12(16)18/h2-5H,6H2,1H3,(H,15,18). The highest BCUT2D eigenvalue weighted by Gasteiger charge is 2.09. The highest BCUT2D eigenvalue weighted by Crippen LogP contribution is 2.22. The first-order valence-corrected chi connectivity index (χ1v) is 6.92. The molecule has 7 heteroatoms. The van der Waals surface area contributed by atoms with Crippen LogP contribution in [-0.2, 0) is 6.54 Å². The molecule has 1 aromatic heterocycles. The van der Waals surface area contributed by atoms with Gasteiger partial charge in [0.1, 0.15) is 5.75 Å². The van der Waals surface area contributed by atoms with Gasteiger partial charge in [-0.2, -0.15) is 0 Å². The van der Waals surface area contributed by atoms with Gasteiger partial charge >= 0.3 is 5.69 Å². The van der Waals surface area contributed by atoms with E-state index in [-0.39, 0.29) is 12.1 Å². The summed E-state index contributed by atoms with van der Waals surface area (Å²) in [7, 11) is 1.56. The van der Waals surface area contributed by atoms with Gasteiger partial charge in [-0.25, -0.2) is 4.79 Å². The van der Waals surface area contributed by atoms with Crippen molar-refractivity contribution < 1.29 is 4.74 Å². The molecule has 0 radical (unpaired) electrons. The number of aromatic nitrogens is 2. The molecule has 0 saturated carbocycles. The summed E-state index contributed by atoms with van der Waals surface area (Å²) in [4.78, 5) is 26.1. The number of benzene rings is 1. The Bertz CT molecular complexity index is 722. The maximum absolute atomic E-state index is 11.9. The number of aromatic amines is 1. The molecule has 0 unspecified atom stereocenters. The first kappa shape index (κ1) is 14.1. The maximum atomic E-state index is 11.9. The Morgan fingerprint density at radius 3 is 2.68 bits per heavy atom. The molecular formula is C12H10Br2N2O3. The van der Waals surface area contributed by atoms with Crippen LogP contribution in [0.5, 0.6) is 5.75 Å². The lowest BCUT2D eigenvalue weighted by molar-refractivity contribution is 0.414. The van der Waals surface area contributed by atoms with E-state index in [1.54, 1.807) is 19.2 Å². The van der Waals surface area contributed by atoms with E-state index in [2.05, 4.69) is 36.8 Å². The number of ether oxygens (including phenoxy) is 1. The first-order valence-electron chi connectivity index (χ1n) is 5.33. The Labute approximate surface area is 125 Å². The summed E-state index contributed by atoms with van der Waals surface area (Å²) in [5, 5.41) is 0. The lowest BCUT2D eigenvalue weighted by Crippen LogP contribution is -2.35. The number of rotatable bonds is 3. The van der Waals surface area contributed by atoms with Crippen LogP contribution in [0.15, 0.2) is 42.9 Å². The summed E-state index contributed by atoms with van der Waals surface area (Å²) in [6.07, 6.45) is 1.34. The lowest BCUT2D eigenvalue weighted by atomic mass is 10.2. The molecule has 0 aliphatic heterocycles. The van der Waals surface area contributed by atoms with Gasteiger partial charge in [0, 0.05) is 10.7 Å². The summed E-state index contributed by atoms with van der Waals surface area (Å²) in [5.41, 5.74) is -0.0496. The fourth-order valence-electron chi connectivity index (χ4n) is 1.60. The van der Waals surface area contributed by atoms with Gasteiger partial charge in [0.25, 0.3) is 5.56 Å². The molecule has 5 nitrogen and oxygen atoms in total. The number of H-pyrrole nitrogens is 1. The van der Waals surface area contributed by atoms with Gasteiger partial charge in [-0.15, -0.1) is 0 Å². The molecule has 0 saturated heterocycles. The van der Waals surface area contributed by atoms with Crippen molar-refractivity contribution in [2.45, 2.75) is 6.54 Å². The summed E-state index contributed by atoms with van der Waals surface area (Å²) in [5.74, 6) is 0.665. The Hall–Kier alpha value is -1.34. The van der Waals surface area contributed by atoms with Crippen LogP contribution < -0.4 is 16.0 Å². The van der Waals surface area contributed by atoms with E-state index in [1.165, 1.54) is 6.20 Å². The van der Waals surface area contributed by atoms with Crippen LogP contribution in [0, 0.1) is 0 Å². The van der Waals surface area contributed by atoms with E-state index in [9.17, 15) is 9.59 Å². The van der Waals surface area contributed by atoms with Gasteiger partial charge in [0.05, 0.1) is 18.1 Å². The minimum Gasteiger partial charge on any atom is -0.497 e. The van der Waals surface area contributed by atoms with Crippen molar-refractivity contribution in [3.05, 3.63) is 59.7 Å². The topological polar surface area (TPSA) is 64.1 Å². The summed E-state index contributed by atoms with van der Waals surface area (Å²) in [6.45, 7) is 0.158. The molecule has 1 N–H and O–H groups in total.